The lowest BCUT2D eigenvalue weighted by Gasteiger charge is -2.09. The average molecular weight is 303 g/mol. The zero-order valence-electron chi connectivity index (χ0n) is 11.0. The molecule has 2 nitrogen and oxygen atoms in total. The maximum atomic E-state index is 13.2. The van der Waals surface area contributed by atoms with Crippen molar-refractivity contribution in [3.8, 4) is 11.5 Å². The summed E-state index contributed by atoms with van der Waals surface area (Å²) in [6.07, 6.45) is 0. The monoisotopic (exact) mass is 302 g/mol. The normalized spacial score (nSPS) is 10.8. The van der Waals surface area contributed by atoms with Crippen LogP contribution in [0.15, 0.2) is 54.6 Å². The van der Waals surface area contributed by atoms with Crippen LogP contribution in [0.1, 0.15) is 5.56 Å². The molecular formula is C17H12ClFO2. The number of phenols is 1. The predicted molar refractivity (Wildman–Crippen MR) is 81.4 cm³/mol. The Morgan fingerprint density at radius 1 is 0.952 bits per heavy atom. The van der Waals surface area contributed by atoms with Gasteiger partial charge in [0.25, 0.3) is 0 Å². The molecule has 3 aromatic rings. The number of hydrogen-bond acceptors (Lipinski definition) is 2. The second-order valence-electron chi connectivity index (χ2n) is 4.72. The minimum absolute atomic E-state index is 0.181. The Bertz CT molecular complexity index is 802. The van der Waals surface area contributed by atoms with Crippen LogP contribution in [-0.2, 0) is 6.61 Å². The van der Waals surface area contributed by atoms with Crippen LogP contribution in [0, 0.1) is 5.82 Å². The fourth-order valence-electron chi connectivity index (χ4n) is 2.12. The van der Waals surface area contributed by atoms with Gasteiger partial charge in [-0.15, -0.1) is 0 Å². The summed E-state index contributed by atoms with van der Waals surface area (Å²) in [6, 6.07) is 14.9. The van der Waals surface area contributed by atoms with E-state index in [1.54, 1.807) is 12.1 Å². The molecule has 0 unspecified atom stereocenters. The minimum Gasteiger partial charge on any atom is -0.508 e. The molecule has 0 aliphatic heterocycles. The molecule has 1 N–H and O–H groups in total. The SMILES string of the molecule is Oc1ccc2ccc(OCc3cc(F)ccc3Cl)cc2c1. The number of halogens is 2. The fourth-order valence-corrected chi connectivity index (χ4v) is 2.29. The highest BCUT2D eigenvalue weighted by Crippen LogP contribution is 2.26. The van der Waals surface area contributed by atoms with E-state index in [9.17, 15) is 9.50 Å². The van der Waals surface area contributed by atoms with Crippen molar-refractivity contribution in [2.24, 2.45) is 0 Å². The molecule has 0 amide bonds. The Hall–Kier alpha value is -2.26. The van der Waals surface area contributed by atoms with E-state index in [-0.39, 0.29) is 18.2 Å². The van der Waals surface area contributed by atoms with Crippen molar-refractivity contribution in [1.29, 1.82) is 0 Å². The molecule has 0 spiro atoms. The van der Waals surface area contributed by atoms with Crippen molar-refractivity contribution < 1.29 is 14.2 Å². The van der Waals surface area contributed by atoms with Crippen molar-refractivity contribution in [2.45, 2.75) is 6.61 Å². The third-order valence-corrected chi connectivity index (χ3v) is 3.57. The number of benzene rings is 3. The second kappa shape index (κ2) is 5.62. The first-order valence-electron chi connectivity index (χ1n) is 6.41. The van der Waals surface area contributed by atoms with E-state index in [0.29, 0.717) is 16.3 Å². The van der Waals surface area contributed by atoms with Gasteiger partial charge in [-0.25, -0.2) is 4.39 Å². The van der Waals surface area contributed by atoms with E-state index in [1.165, 1.54) is 18.2 Å². The van der Waals surface area contributed by atoms with E-state index in [4.69, 9.17) is 16.3 Å². The molecule has 0 heterocycles. The van der Waals surface area contributed by atoms with Crippen molar-refractivity contribution in [3.05, 3.63) is 71.0 Å². The van der Waals surface area contributed by atoms with Gasteiger partial charge in [0.2, 0.25) is 0 Å². The summed E-state index contributed by atoms with van der Waals surface area (Å²) in [6.45, 7) is 0.181. The lowest BCUT2D eigenvalue weighted by molar-refractivity contribution is 0.306. The summed E-state index contributed by atoms with van der Waals surface area (Å²) in [4.78, 5) is 0. The Balaban J connectivity index is 1.83. The molecule has 0 atom stereocenters. The van der Waals surface area contributed by atoms with Crippen LogP contribution in [0.2, 0.25) is 5.02 Å². The second-order valence-corrected chi connectivity index (χ2v) is 5.12. The topological polar surface area (TPSA) is 29.5 Å². The van der Waals surface area contributed by atoms with E-state index in [1.807, 2.05) is 24.3 Å². The summed E-state index contributed by atoms with van der Waals surface area (Å²) in [5.41, 5.74) is 0.590. The highest BCUT2D eigenvalue weighted by atomic mass is 35.5. The van der Waals surface area contributed by atoms with Crippen LogP contribution in [0.3, 0.4) is 0 Å². The van der Waals surface area contributed by atoms with Crippen molar-refractivity contribution in [1.82, 2.24) is 0 Å². The average Bonchev–Trinajstić information content (AvgIpc) is 2.47. The Kier molecular flexibility index (Phi) is 3.67. The van der Waals surface area contributed by atoms with Gasteiger partial charge in [-0.3, -0.25) is 0 Å². The van der Waals surface area contributed by atoms with Crippen molar-refractivity contribution >= 4 is 22.4 Å². The van der Waals surface area contributed by atoms with E-state index in [0.717, 1.165) is 10.8 Å². The van der Waals surface area contributed by atoms with Crippen LogP contribution in [0.25, 0.3) is 10.8 Å². The summed E-state index contributed by atoms with van der Waals surface area (Å²) in [7, 11) is 0. The molecule has 21 heavy (non-hydrogen) atoms. The summed E-state index contributed by atoms with van der Waals surface area (Å²) >= 11 is 6.00. The molecule has 0 saturated carbocycles. The van der Waals surface area contributed by atoms with Gasteiger partial charge in [-0.2, -0.15) is 0 Å². The molecule has 0 aliphatic rings. The predicted octanol–water partition coefficient (Wildman–Crippen LogP) is 4.92. The molecular weight excluding hydrogens is 291 g/mol. The van der Waals surface area contributed by atoms with Gasteiger partial charge < -0.3 is 9.84 Å². The van der Waals surface area contributed by atoms with E-state index < -0.39 is 0 Å². The van der Waals surface area contributed by atoms with E-state index in [2.05, 4.69) is 0 Å². The zero-order valence-corrected chi connectivity index (χ0v) is 11.8. The first-order chi connectivity index (χ1) is 10.1. The maximum absolute atomic E-state index is 13.2. The Morgan fingerprint density at radius 3 is 2.62 bits per heavy atom. The molecule has 0 bridgehead atoms. The summed E-state index contributed by atoms with van der Waals surface area (Å²) < 4.78 is 18.8. The van der Waals surface area contributed by atoms with E-state index >= 15 is 0 Å². The third-order valence-electron chi connectivity index (χ3n) is 3.20. The maximum Gasteiger partial charge on any atom is 0.123 e. The molecule has 4 heteroatoms. The highest BCUT2D eigenvalue weighted by Gasteiger charge is 2.04. The van der Waals surface area contributed by atoms with Gasteiger partial charge >= 0.3 is 0 Å². The van der Waals surface area contributed by atoms with Gasteiger partial charge in [-0.1, -0.05) is 23.7 Å². The van der Waals surface area contributed by atoms with Crippen LogP contribution in [0.5, 0.6) is 11.5 Å². The molecule has 0 aliphatic carbocycles. The quantitative estimate of drug-likeness (QED) is 0.744. The standard InChI is InChI=1S/C17H12ClFO2/c18-17-6-3-14(19)7-13(17)10-21-16-5-2-11-1-4-15(20)8-12(11)9-16/h1-9,20H,10H2. The van der Waals surface area contributed by atoms with Crippen molar-refractivity contribution in [2.75, 3.05) is 0 Å². The zero-order chi connectivity index (χ0) is 14.8. The lowest BCUT2D eigenvalue weighted by Crippen LogP contribution is -1.97. The van der Waals surface area contributed by atoms with Gasteiger partial charge in [0, 0.05) is 10.6 Å². The van der Waals surface area contributed by atoms with Crippen LogP contribution in [0.4, 0.5) is 4.39 Å². The first kappa shape index (κ1) is 13.7. The molecule has 0 aromatic heterocycles. The molecule has 3 aromatic carbocycles. The summed E-state index contributed by atoms with van der Waals surface area (Å²) in [5.74, 6) is 0.489. The summed E-state index contributed by atoms with van der Waals surface area (Å²) in [5, 5.41) is 11.8. The number of phenolic OH excluding ortho intramolecular Hbond substituents is 1. The number of ether oxygens (including phenoxy) is 1. The van der Waals surface area contributed by atoms with Gasteiger partial charge in [-0.05, 0) is 53.2 Å². The molecule has 3 rings (SSSR count). The lowest BCUT2D eigenvalue weighted by atomic mass is 10.1. The third kappa shape index (κ3) is 3.09. The number of fused-ring (bicyclic) bond motifs is 1. The number of aromatic hydroxyl groups is 1. The molecule has 0 saturated heterocycles. The molecule has 106 valence electrons. The van der Waals surface area contributed by atoms with Crippen LogP contribution in [-0.4, -0.2) is 5.11 Å². The molecule has 0 radical (unpaired) electrons. The first-order valence-corrected chi connectivity index (χ1v) is 6.79. The molecule has 0 fully saturated rings. The van der Waals surface area contributed by atoms with Crippen molar-refractivity contribution in [3.63, 3.8) is 0 Å². The number of hydrogen-bond donors (Lipinski definition) is 1. The number of rotatable bonds is 3. The Morgan fingerprint density at radius 2 is 1.76 bits per heavy atom. The highest BCUT2D eigenvalue weighted by molar-refractivity contribution is 6.31. The van der Waals surface area contributed by atoms with Gasteiger partial charge in [0.1, 0.15) is 23.9 Å². The largest absolute Gasteiger partial charge is 0.508 e. The smallest absolute Gasteiger partial charge is 0.123 e. The van der Waals surface area contributed by atoms with Crippen LogP contribution >= 0.6 is 11.6 Å². The van der Waals surface area contributed by atoms with Crippen LogP contribution < -0.4 is 4.74 Å². The Labute approximate surface area is 126 Å². The minimum atomic E-state index is -0.346. The van der Waals surface area contributed by atoms with Gasteiger partial charge in [0.15, 0.2) is 0 Å². The van der Waals surface area contributed by atoms with Gasteiger partial charge in [0.05, 0.1) is 0 Å². The fraction of sp³-hybridized carbons (Fsp3) is 0.0588.